The van der Waals surface area contributed by atoms with Gasteiger partial charge in [0.05, 0.1) is 11.6 Å². The Labute approximate surface area is 133 Å². The van der Waals surface area contributed by atoms with Gasteiger partial charge in [-0.05, 0) is 24.6 Å². The molecule has 2 N–H and O–H groups in total. The normalized spacial score (nSPS) is 12.7. The zero-order chi connectivity index (χ0) is 17.9. The summed E-state index contributed by atoms with van der Waals surface area (Å²) in [6.45, 7) is 1.17. The van der Waals surface area contributed by atoms with E-state index in [1.54, 1.807) is 0 Å². The van der Waals surface area contributed by atoms with Crippen molar-refractivity contribution >= 4 is 5.91 Å². The number of carbonyl (C=O) groups is 1. The molecule has 0 saturated carbocycles. The van der Waals surface area contributed by atoms with Crippen LogP contribution in [-0.2, 0) is 17.5 Å². The molecule has 2 rings (SSSR count). The van der Waals surface area contributed by atoms with Gasteiger partial charge in [-0.2, -0.15) is 13.2 Å². The van der Waals surface area contributed by atoms with Crippen molar-refractivity contribution in [1.82, 2.24) is 14.9 Å². The minimum Gasteiger partial charge on any atom is -0.348 e. The minimum atomic E-state index is -4.47. The number of H-pyrrole nitrogens is 1. The van der Waals surface area contributed by atoms with E-state index in [2.05, 4.69) is 5.32 Å². The number of hydrogen-bond donors (Lipinski definition) is 2. The van der Waals surface area contributed by atoms with Gasteiger partial charge in [0.15, 0.2) is 0 Å². The Balaban J connectivity index is 2.09. The summed E-state index contributed by atoms with van der Waals surface area (Å²) >= 11 is 0. The second-order valence-corrected chi connectivity index (χ2v) is 5.15. The van der Waals surface area contributed by atoms with Crippen LogP contribution in [0, 0.1) is 0 Å². The SMILES string of the molecule is C[C@H](NC(=O)Cn1ccc(=O)[nH]c1=O)c1cccc(C(F)(F)F)c1. The van der Waals surface area contributed by atoms with Crippen molar-refractivity contribution in [3.05, 3.63) is 68.5 Å². The lowest BCUT2D eigenvalue weighted by molar-refractivity contribution is -0.137. The van der Waals surface area contributed by atoms with E-state index in [9.17, 15) is 27.6 Å². The predicted octanol–water partition coefficient (Wildman–Crippen LogP) is 1.43. The number of hydrogen-bond acceptors (Lipinski definition) is 3. The number of benzene rings is 1. The van der Waals surface area contributed by atoms with Crippen molar-refractivity contribution in [2.45, 2.75) is 25.7 Å². The highest BCUT2D eigenvalue weighted by molar-refractivity contribution is 5.76. The van der Waals surface area contributed by atoms with Crippen LogP contribution in [0.15, 0.2) is 46.1 Å². The van der Waals surface area contributed by atoms with Crippen LogP contribution in [-0.4, -0.2) is 15.5 Å². The molecule has 0 fully saturated rings. The molecule has 9 heteroatoms. The van der Waals surface area contributed by atoms with E-state index in [1.807, 2.05) is 4.98 Å². The van der Waals surface area contributed by atoms with Crippen molar-refractivity contribution in [3.63, 3.8) is 0 Å². The fourth-order valence-corrected chi connectivity index (χ4v) is 2.08. The van der Waals surface area contributed by atoms with Gasteiger partial charge in [0.25, 0.3) is 5.56 Å². The van der Waals surface area contributed by atoms with E-state index in [1.165, 1.54) is 19.1 Å². The number of aromatic nitrogens is 2. The molecular weight excluding hydrogens is 327 g/mol. The van der Waals surface area contributed by atoms with E-state index < -0.39 is 34.9 Å². The average molecular weight is 341 g/mol. The van der Waals surface area contributed by atoms with Crippen molar-refractivity contribution in [2.24, 2.45) is 0 Å². The third kappa shape index (κ3) is 4.34. The molecule has 1 atom stereocenters. The molecule has 0 radical (unpaired) electrons. The van der Waals surface area contributed by atoms with Gasteiger partial charge in [0.2, 0.25) is 5.91 Å². The molecule has 6 nitrogen and oxygen atoms in total. The Hall–Kier alpha value is -2.84. The monoisotopic (exact) mass is 341 g/mol. The van der Waals surface area contributed by atoms with E-state index in [0.717, 1.165) is 29.0 Å². The lowest BCUT2D eigenvalue weighted by Crippen LogP contribution is -2.36. The van der Waals surface area contributed by atoms with Crippen LogP contribution in [0.3, 0.4) is 0 Å². The molecule has 0 saturated heterocycles. The summed E-state index contributed by atoms with van der Waals surface area (Å²) in [6, 6.07) is 5.03. The zero-order valence-electron chi connectivity index (χ0n) is 12.6. The molecular formula is C15H14F3N3O3. The Morgan fingerprint density at radius 2 is 2.00 bits per heavy atom. The highest BCUT2D eigenvalue weighted by Crippen LogP contribution is 2.30. The average Bonchev–Trinajstić information content (AvgIpc) is 2.49. The first kappa shape index (κ1) is 17.5. The van der Waals surface area contributed by atoms with Crippen LogP contribution >= 0.6 is 0 Å². The molecule has 0 aliphatic carbocycles. The van der Waals surface area contributed by atoms with Gasteiger partial charge in [0, 0.05) is 12.3 Å². The van der Waals surface area contributed by atoms with Gasteiger partial charge >= 0.3 is 11.9 Å². The molecule has 1 amide bonds. The van der Waals surface area contributed by atoms with Crippen LogP contribution in [0.4, 0.5) is 13.2 Å². The van der Waals surface area contributed by atoms with Gasteiger partial charge in [-0.15, -0.1) is 0 Å². The van der Waals surface area contributed by atoms with Crippen molar-refractivity contribution in [3.8, 4) is 0 Å². The molecule has 1 aromatic heterocycles. The van der Waals surface area contributed by atoms with Crippen molar-refractivity contribution in [2.75, 3.05) is 0 Å². The van der Waals surface area contributed by atoms with Gasteiger partial charge in [-0.3, -0.25) is 19.1 Å². The van der Waals surface area contributed by atoms with Crippen LogP contribution < -0.4 is 16.6 Å². The second-order valence-electron chi connectivity index (χ2n) is 5.15. The lowest BCUT2D eigenvalue weighted by atomic mass is 10.0. The zero-order valence-corrected chi connectivity index (χ0v) is 12.6. The number of halogens is 3. The Morgan fingerprint density at radius 3 is 2.62 bits per heavy atom. The first-order valence-corrected chi connectivity index (χ1v) is 6.93. The largest absolute Gasteiger partial charge is 0.416 e. The number of alkyl halides is 3. The molecule has 0 aliphatic rings. The third-order valence-corrected chi connectivity index (χ3v) is 3.30. The van der Waals surface area contributed by atoms with Crippen molar-refractivity contribution in [1.29, 1.82) is 0 Å². The number of rotatable bonds is 4. The topological polar surface area (TPSA) is 84.0 Å². The molecule has 0 aliphatic heterocycles. The van der Waals surface area contributed by atoms with E-state index >= 15 is 0 Å². The van der Waals surface area contributed by atoms with E-state index in [4.69, 9.17) is 0 Å². The maximum atomic E-state index is 12.7. The van der Waals surface area contributed by atoms with Crippen LogP contribution in [0.2, 0.25) is 0 Å². The molecule has 24 heavy (non-hydrogen) atoms. The van der Waals surface area contributed by atoms with Gasteiger partial charge < -0.3 is 5.32 Å². The number of carbonyl (C=O) groups excluding carboxylic acids is 1. The summed E-state index contributed by atoms with van der Waals surface area (Å²) in [4.78, 5) is 36.4. The molecule has 1 heterocycles. The lowest BCUT2D eigenvalue weighted by Gasteiger charge is -2.16. The Bertz CT molecular complexity index is 855. The summed E-state index contributed by atoms with van der Waals surface area (Å²) in [7, 11) is 0. The summed E-state index contributed by atoms with van der Waals surface area (Å²) < 4.78 is 39.1. The fourth-order valence-electron chi connectivity index (χ4n) is 2.08. The number of aromatic amines is 1. The van der Waals surface area contributed by atoms with E-state index in [-0.39, 0.29) is 12.1 Å². The molecule has 0 unspecified atom stereocenters. The second kappa shape index (κ2) is 6.73. The maximum absolute atomic E-state index is 12.7. The van der Waals surface area contributed by atoms with Gasteiger partial charge in [-0.25, -0.2) is 4.79 Å². The van der Waals surface area contributed by atoms with E-state index in [0.29, 0.717) is 0 Å². The predicted molar refractivity (Wildman–Crippen MR) is 79.3 cm³/mol. The summed E-state index contributed by atoms with van der Waals surface area (Å²) in [6.07, 6.45) is -3.31. The highest BCUT2D eigenvalue weighted by Gasteiger charge is 2.30. The number of amides is 1. The first-order chi connectivity index (χ1) is 11.2. The van der Waals surface area contributed by atoms with Crippen LogP contribution in [0.5, 0.6) is 0 Å². The summed E-state index contributed by atoms with van der Waals surface area (Å²) in [5.41, 5.74) is -1.86. The quantitative estimate of drug-likeness (QED) is 0.882. The highest BCUT2D eigenvalue weighted by atomic mass is 19.4. The molecule has 0 spiro atoms. The molecule has 1 aromatic carbocycles. The smallest absolute Gasteiger partial charge is 0.348 e. The third-order valence-electron chi connectivity index (χ3n) is 3.30. The molecule has 0 bridgehead atoms. The van der Waals surface area contributed by atoms with Gasteiger partial charge in [-0.1, -0.05) is 12.1 Å². The Morgan fingerprint density at radius 1 is 1.29 bits per heavy atom. The maximum Gasteiger partial charge on any atom is 0.416 e. The molecule has 128 valence electrons. The summed E-state index contributed by atoms with van der Waals surface area (Å²) in [5.74, 6) is -0.575. The minimum absolute atomic E-state index is 0.284. The standard InChI is InChI=1S/C15H14F3N3O3/c1-9(10-3-2-4-11(7-10)15(16,17)18)19-13(23)8-21-6-5-12(22)20-14(21)24/h2-7,9H,8H2,1H3,(H,19,23)(H,20,22,24)/t9-/m0/s1. The Kier molecular flexibility index (Phi) is 4.91. The van der Waals surface area contributed by atoms with Crippen LogP contribution in [0.25, 0.3) is 0 Å². The first-order valence-electron chi connectivity index (χ1n) is 6.93. The number of nitrogens with zero attached hydrogens (tertiary/aromatic N) is 1. The fraction of sp³-hybridized carbons (Fsp3) is 0.267. The van der Waals surface area contributed by atoms with Crippen molar-refractivity contribution < 1.29 is 18.0 Å². The number of nitrogens with one attached hydrogen (secondary N) is 2. The van der Waals surface area contributed by atoms with Crippen LogP contribution in [0.1, 0.15) is 24.1 Å². The molecule has 2 aromatic rings. The van der Waals surface area contributed by atoms with Gasteiger partial charge in [0.1, 0.15) is 6.54 Å². The summed E-state index contributed by atoms with van der Waals surface area (Å²) in [5, 5.41) is 2.51.